The van der Waals surface area contributed by atoms with Crippen LogP contribution in [-0.2, 0) is 0 Å². The van der Waals surface area contributed by atoms with Gasteiger partial charge in [0, 0.05) is 30.9 Å². The van der Waals surface area contributed by atoms with E-state index in [2.05, 4.69) is 22.9 Å². The van der Waals surface area contributed by atoms with Crippen molar-refractivity contribution >= 4 is 5.69 Å². The van der Waals surface area contributed by atoms with E-state index in [4.69, 9.17) is 5.26 Å². The van der Waals surface area contributed by atoms with Gasteiger partial charge in [0.2, 0.25) is 0 Å². The van der Waals surface area contributed by atoms with Crippen molar-refractivity contribution in [2.45, 2.75) is 31.9 Å². The van der Waals surface area contributed by atoms with Gasteiger partial charge in [-0.25, -0.2) is 0 Å². The summed E-state index contributed by atoms with van der Waals surface area (Å²) in [4.78, 5) is 4.54. The molecule has 1 unspecified atom stereocenters. The maximum absolute atomic E-state index is 9.91. The van der Waals surface area contributed by atoms with Crippen molar-refractivity contribution in [3.8, 4) is 6.07 Å². The normalized spacial score (nSPS) is 20.6. The number of nitrogens with zero attached hydrogens (tertiary/aromatic N) is 3. The molecule has 1 saturated heterocycles. The molecule has 4 nitrogen and oxygen atoms in total. The third-order valence-electron chi connectivity index (χ3n) is 4.18. The zero-order valence-electron chi connectivity index (χ0n) is 12.5. The van der Waals surface area contributed by atoms with Crippen LogP contribution in [0.5, 0.6) is 0 Å². The van der Waals surface area contributed by atoms with Crippen LogP contribution in [0.4, 0.5) is 5.69 Å². The van der Waals surface area contributed by atoms with Crippen LogP contribution in [0.2, 0.25) is 0 Å². The Balaban J connectivity index is 2.23. The van der Waals surface area contributed by atoms with Gasteiger partial charge < -0.3 is 14.9 Å². The van der Waals surface area contributed by atoms with E-state index in [0.29, 0.717) is 11.6 Å². The van der Waals surface area contributed by atoms with Gasteiger partial charge in [-0.1, -0.05) is 6.07 Å². The number of aliphatic hydroxyl groups is 1. The number of rotatable bonds is 4. The lowest BCUT2D eigenvalue weighted by atomic mass is 10.0. The minimum absolute atomic E-state index is 0.526. The molecule has 0 amide bonds. The number of benzene rings is 1. The molecule has 0 saturated carbocycles. The van der Waals surface area contributed by atoms with Crippen molar-refractivity contribution in [3.63, 3.8) is 0 Å². The molecule has 1 heterocycles. The molecule has 0 spiro atoms. The SMILES string of the molecule is C[C@H](O)c1ccc(C#N)cc1N(C)CC1CCCN1C. The molecule has 0 aliphatic carbocycles. The molecule has 1 aromatic carbocycles. The van der Waals surface area contributed by atoms with Crippen molar-refractivity contribution < 1.29 is 5.11 Å². The van der Waals surface area contributed by atoms with Gasteiger partial charge in [-0.2, -0.15) is 5.26 Å². The molecule has 1 aliphatic heterocycles. The predicted octanol–water partition coefficient (Wildman–Crippen LogP) is 2.14. The number of nitriles is 1. The highest BCUT2D eigenvalue weighted by molar-refractivity contribution is 5.58. The lowest BCUT2D eigenvalue weighted by Gasteiger charge is -2.29. The summed E-state index contributed by atoms with van der Waals surface area (Å²) in [5.74, 6) is 0. The Hall–Kier alpha value is -1.57. The van der Waals surface area contributed by atoms with Gasteiger partial charge in [-0.3, -0.25) is 0 Å². The number of likely N-dealkylation sites (N-methyl/N-ethyl adjacent to an activating group) is 2. The Labute approximate surface area is 121 Å². The summed E-state index contributed by atoms with van der Waals surface area (Å²) in [7, 11) is 4.20. The number of anilines is 1. The lowest BCUT2D eigenvalue weighted by Crippen LogP contribution is -2.37. The highest BCUT2D eigenvalue weighted by Crippen LogP contribution is 2.28. The molecular formula is C16H23N3O. The van der Waals surface area contributed by atoms with Crippen molar-refractivity contribution in [2.24, 2.45) is 0 Å². The fraction of sp³-hybridized carbons (Fsp3) is 0.562. The fourth-order valence-corrected chi connectivity index (χ4v) is 2.92. The molecule has 2 rings (SSSR count). The van der Waals surface area contributed by atoms with Gasteiger partial charge in [0.25, 0.3) is 0 Å². The van der Waals surface area contributed by atoms with E-state index in [0.717, 1.165) is 24.3 Å². The third-order valence-corrected chi connectivity index (χ3v) is 4.18. The summed E-state index contributed by atoms with van der Waals surface area (Å²) in [6.45, 7) is 3.84. The second kappa shape index (κ2) is 6.25. The van der Waals surface area contributed by atoms with Crippen LogP contribution in [0.3, 0.4) is 0 Å². The van der Waals surface area contributed by atoms with Crippen molar-refractivity contribution in [1.82, 2.24) is 4.90 Å². The predicted molar refractivity (Wildman–Crippen MR) is 80.7 cm³/mol. The van der Waals surface area contributed by atoms with Crippen LogP contribution in [0.15, 0.2) is 18.2 Å². The summed E-state index contributed by atoms with van der Waals surface area (Å²) >= 11 is 0. The number of hydrogen-bond acceptors (Lipinski definition) is 4. The molecule has 0 radical (unpaired) electrons. The van der Waals surface area contributed by atoms with Crippen LogP contribution >= 0.6 is 0 Å². The van der Waals surface area contributed by atoms with Crippen molar-refractivity contribution in [1.29, 1.82) is 5.26 Å². The fourth-order valence-electron chi connectivity index (χ4n) is 2.92. The first-order valence-electron chi connectivity index (χ1n) is 7.16. The molecule has 2 atom stereocenters. The van der Waals surface area contributed by atoms with Crippen LogP contribution in [-0.4, -0.2) is 43.2 Å². The molecule has 0 aromatic heterocycles. The first kappa shape index (κ1) is 14.8. The Morgan fingerprint density at radius 3 is 2.85 bits per heavy atom. The molecule has 4 heteroatoms. The van der Waals surface area contributed by atoms with E-state index >= 15 is 0 Å². The van der Waals surface area contributed by atoms with E-state index in [1.54, 1.807) is 13.0 Å². The summed E-state index contributed by atoms with van der Waals surface area (Å²) in [6.07, 6.45) is 1.93. The standard InChI is InChI=1S/C16H23N3O/c1-12(20)15-7-6-13(10-17)9-16(15)19(3)11-14-5-4-8-18(14)2/h6-7,9,12,14,20H,4-5,8,11H2,1-3H3/t12-,14?/m0/s1. The van der Waals surface area contributed by atoms with Crippen LogP contribution < -0.4 is 4.90 Å². The molecule has 0 bridgehead atoms. The number of hydrogen-bond donors (Lipinski definition) is 1. The third kappa shape index (κ3) is 3.12. The van der Waals surface area contributed by atoms with Gasteiger partial charge >= 0.3 is 0 Å². The monoisotopic (exact) mass is 273 g/mol. The lowest BCUT2D eigenvalue weighted by molar-refractivity contribution is 0.199. The summed E-state index contributed by atoms with van der Waals surface area (Å²) in [5, 5.41) is 19.0. The van der Waals surface area contributed by atoms with E-state index in [1.165, 1.54) is 12.8 Å². The maximum atomic E-state index is 9.91. The first-order valence-corrected chi connectivity index (χ1v) is 7.16. The molecule has 1 aromatic rings. The van der Waals surface area contributed by atoms with Crippen LogP contribution in [0.1, 0.15) is 37.0 Å². The Kier molecular flexibility index (Phi) is 4.64. The zero-order valence-corrected chi connectivity index (χ0v) is 12.5. The quantitative estimate of drug-likeness (QED) is 0.913. The molecule has 20 heavy (non-hydrogen) atoms. The maximum Gasteiger partial charge on any atom is 0.0992 e. The summed E-state index contributed by atoms with van der Waals surface area (Å²) < 4.78 is 0. The first-order chi connectivity index (χ1) is 9.52. The Morgan fingerprint density at radius 1 is 1.55 bits per heavy atom. The van der Waals surface area contributed by atoms with Gasteiger partial charge in [-0.15, -0.1) is 0 Å². The second-order valence-corrected chi connectivity index (χ2v) is 5.72. The molecule has 108 valence electrons. The number of aliphatic hydroxyl groups excluding tert-OH is 1. The van der Waals surface area contributed by atoms with E-state index in [1.807, 2.05) is 19.2 Å². The highest BCUT2D eigenvalue weighted by Gasteiger charge is 2.23. The summed E-state index contributed by atoms with van der Waals surface area (Å²) in [6, 6.07) is 8.21. The highest BCUT2D eigenvalue weighted by atomic mass is 16.3. The largest absolute Gasteiger partial charge is 0.389 e. The molecular weight excluding hydrogens is 250 g/mol. The smallest absolute Gasteiger partial charge is 0.0992 e. The average molecular weight is 273 g/mol. The van der Waals surface area contributed by atoms with Gasteiger partial charge in [0.05, 0.1) is 17.7 Å². The average Bonchev–Trinajstić information content (AvgIpc) is 2.83. The second-order valence-electron chi connectivity index (χ2n) is 5.72. The van der Waals surface area contributed by atoms with Crippen molar-refractivity contribution in [2.75, 3.05) is 32.1 Å². The van der Waals surface area contributed by atoms with E-state index in [-0.39, 0.29) is 0 Å². The molecule has 1 aliphatic rings. The molecule has 1 N–H and O–H groups in total. The summed E-state index contributed by atoms with van der Waals surface area (Å²) in [5.41, 5.74) is 2.47. The minimum Gasteiger partial charge on any atom is -0.389 e. The molecule has 1 fully saturated rings. The van der Waals surface area contributed by atoms with Crippen molar-refractivity contribution in [3.05, 3.63) is 29.3 Å². The number of likely N-dealkylation sites (tertiary alicyclic amines) is 1. The van der Waals surface area contributed by atoms with E-state index < -0.39 is 6.10 Å². The van der Waals surface area contributed by atoms with Crippen LogP contribution in [0.25, 0.3) is 0 Å². The van der Waals surface area contributed by atoms with E-state index in [9.17, 15) is 5.11 Å². The zero-order chi connectivity index (χ0) is 14.7. The Morgan fingerprint density at radius 2 is 2.30 bits per heavy atom. The minimum atomic E-state index is -0.526. The van der Waals surface area contributed by atoms with Crippen LogP contribution in [0, 0.1) is 11.3 Å². The van der Waals surface area contributed by atoms with Gasteiger partial charge in [-0.05, 0) is 45.5 Å². The topological polar surface area (TPSA) is 50.5 Å². The Bertz CT molecular complexity index is 507. The van der Waals surface area contributed by atoms with Gasteiger partial charge in [0.1, 0.15) is 0 Å². The van der Waals surface area contributed by atoms with Gasteiger partial charge in [0.15, 0.2) is 0 Å².